The van der Waals surface area contributed by atoms with Gasteiger partial charge in [-0.2, -0.15) is 0 Å². The summed E-state index contributed by atoms with van der Waals surface area (Å²) in [5.74, 6) is -0.283. The SMILES string of the molecule is CCC(=O)C1=C(O)C(=O)N(Cc2ccncc2)C1c1cc(OC)c(OC)c(OC)c1. The average Bonchev–Trinajstić information content (AvgIpc) is 3.03. The van der Waals surface area contributed by atoms with Gasteiger partial charge in [0.05, 0.1) is 32.9 Å². The van der Waals surface area contributed by atoms with Crippen LogP contribution in [0.3, 0.4) is 0 Å². The van der Waals surface area contributed by atoms with E-state index in [1.54, 1.807) is 43.6 Å². The first-order valence-electron chi connectivity index (χ1n) is 9.42. The van der Waals surface area contributed by atoms with E-state index in [-0.39, 0.29) is 24.3 Å². The van der Waals surface area contributed by atoms with E-state index >= 15 is 0 Å². The number of hydrogen-bond donors (Lipinski definition) is 1. The van der Waals surface area contributed by atoms with Gasteiger partial charge in [0.1, 0.15) is 0 Å². The summed E-state index contributed by atoms with van der Waals surface area (Å²) in [6.45, 7) is 1.87. The number of aliphatic hydroxyl groups is 1. The van der Waals surface area contributed by atoms with Crippen LogP contribution in [0.15, 0.2) is 48.0 Å². The minimum Gasteiger partial charge on any atom is -0.503 e. The molecular weight excluding hydrogens is 388 g/mol. The second-order valence-corrected chi connectivity index (χ2v) is 6.69. The van der Waals surface area contributed by atoms with Gasteiger partial charge in [-0.05, 0) is 35.4 Å². The number of rotatable bonds is 8. The zero-order valence-corrected chi connectivity index (χ0v) is 17.3. The molecule has 1 aliphatic rings. The van der Waals surface area contributed by atoms with E-state index < -0.39 is 17.7 Å². The van der Waals surface area contributed by atoms with Crippen molar-refractivity contribution in [2.75, 3.05) is 21.3 Å². The minimum atomic E-state index is -0.799. The van der Waals surface area contributed by atoms with Gasteiger partial charge in [0.15, 0.2) is 23.0 Å². The highest BCUT2D eigenvalue weighted by Crippen LogP contribution is 2.45. The van der Waals surface area contributed by atoms with Crippen LogP contribution in [0.1, 0.15) is 30.5 Å². The van der Waals surface area contributed by atoms with Gasteiger partial charge in [0.2, 0.25) is 5.75 Å². The van der Waals surface area contributed by atoms with Crippen molar-refractivity contribution in [3.05, 3.63) is 59.1 Å². The van der Waals surface area contributed by atoms with Crippen LogP contribution in [-0.4, -0.2) is 48.0 Å². The molecule has 0 fully saturated rings. The van der Waals surface area contributed by atoms with Gasteiger partial charge in [-0.25, -0.2) is 0 Å². The molecule has 2 aromatic rings. The molecule has 1 aromatic heterocycles. The summed E-state index contributed by atoms with van der Waals surface area (Å²) < 4.78 is 16.2. The van der Waals surface area contributed by atoms with Gasteiger partial charge >= 0.3 is 0 Å². The Balaban J connectivity index is 2.17. The number of ether oxygens (including phenoxy) is 3. The Labute approximate surface area is 174 Å². The summed E-state index contributed by atoms with van der Waals surface area (Å²) in [7, 11) is 4.47. The van der Waals surface area contributed by atoms with Gasteiger partial charge in [-0.3, -0.25) is 14.6 Å². The van der Waals surface area contributed by atoms with Crippen molar-refractivity contribution in [1.82, 2.24) is 9.88 Å². The summed E-state index contributed by atoms with van der Waals surface area (Å²) >= 11 is 0. The summed E-state index contributed by atoms with van der Waals surface area (Å²) in [5.41, 5.74) is 1.44. The van der Waals surface area contributed by atoms with E-state index in [0.29, 0.717) is 22.8 Å². The highest BCUT2D eigenvalue weighted by Gasteiger charge is 2.43. The number of ketones is 1. The molecule has 8 heteroatoms. The van der Waals surface area contributed by atoms with Gasteiger partial charge in [0.25, 0.3) is 5.91 Å². The molecule has 0 saturated heterocycles. The maximum absolute atomic E-state index is 12.9. The molecule has 2 heterocycles. The third-order valence-electron chi connectivity index (χ3n) is 5.03. The maximum atomic E-state index is 12.9. The van der Waals surface area contributed by atoms with Crippen LogP contribution >= 0.6 is 0 Å². The smallest absolute Gasteiger partial charge is 0.290 e. The van der Waals surface area contributed by atoms with Crippen molar-refractivity contribution in [1.29, 1.82) is 0 Å². The molecule has 1 unspecified atom stereocenters. The van der Waals surface area contributed by atoms with Gasteiger partial charge in [0, 0.05) is 25.4 Å². The Morgan fingerprint density at radius 2 is 1.70 bits per heavy atom. The fourth-order valence-electron chi connectivity index (χ4n) is 3.58. The van der Waals surface area contributed by atoms with Crippen molar-refractivity contribution in [3.63, 3.8) is 0 Å². The van der Waals surface area contributed by atoms with Crippen LogP contribution in [0.25, 0.3) is 0 Å². The molecule has 0 spiro atoms. The number of carbonyl (C=O) groups is 2. The third kappa shape index (κ3) is 3.68. The quantitative estimate of drug-likeness (QED) is 0.712. The molecule has 1 N–H and O–H groups in total. The predicted molar refractivity (Wildman–Crippen MR) is 109 cm³/mol. The lowest BCUT2D eigenvalue weighted by molar-refractivity contribution is -0.130. The van der Waals surface area contributed by atoms with Crippen molar-refractivity contribution in [3.8, 4) is 17.2 Å². The van der Waals surface area contributed by atoms with Crippen LogP contribution in [0, 0.1) is 0 Å². The van der Waals surface area contributed by atoms with Crippen molar-refractivity contribution in [2.45, 2.75) is 25.9 Å². The first kappa shape index (κ1) is 21.2. The maximum Gasteiger partial charge on any atom is 0.290 e. The van der Waals surface area contributed by atoms with Crippen molar-refractivity contribution in [2.24, 2.45) is 0 Å². The van der Waals surface area contributed by atoms with Gasteiger partial charge in [-0.1, -0.05) is 6.92 Å². The zero-order valence-electron chi connectivity index (χ0n) is 17.3. The summed E-state index contributed by atoms with van der Waals surface area (Å²) in [4.78, 5) is 31.0. The number of nitrogens with zero attached hydrogens (tertiary/aromatic N) is 2. The zero-order chi connectivity index (χ0) is 21.8. The Bertz CT molecular complexity index is 961. The molecule has 0 radical (unpaired) electrons. The lowest BCUT2D eigenvalue weighted by Gasteiger charge is -2.28. The topological polar surface area (TPSA) is 98.2 Å². The number of methoxy groups -OCH3 is 3. The molecule has 3 rings (SSSR count). The van der Waals surface area contributed by atoms with E-state index in [1.165, 1.54) is 26.2 Å². The summed E-state index contributed by atoms with van der Waals surface area (Å²) in [5, 5.41) is 10.6. The second-order valence-electron chi connectivity index (χ2n) is 6.69. The second kappa shape index (κ2) is 8.86. The molecule has 1 atom stereocenters. The van der Waals surface area contributed by atoms with Crippen LogP contribution in [0.2, 0.25) is 0 Å². The van der Waals surface area contributed by atoms with E-state index in [0.717, 1.165) is 5.56 Å². The Morgan fingerprint density at radius 3 is 2.20 bits per heavy atom. The van der Waals surface area contributed by atoms with Crippen molar-refractivity contribution < 1.29 is 28.9 Å². The number of Topliss-reactive ketones (excluding diaryl/α,β-unsaturated/α-hetero) is 1. The average molecular weight is 412 g/mol. The lowest BCUT2D eigenvalue weighted by Crippen LogP contribution is -2.30. The number of aliphatic hydroxyl groups excluding tert-OH is 1. The fourth-order valence-corrected chi connectivity index (χ4v) is 3.58. The molecular formula is C22H24N2O6. The van der Waals surface area contributed by atoms with Crippen LogP contribution < -0.4 is 14.2 Å². The van der Waals surface area contributed by atoms with Gasteiger partial charge in [-0.15, -0.1) is 0 Å². The van der Waals surface area contributed by atoms with Crippen molar-refractivity contribution >= 4 is 11.7 Å². The predicted octanol–water partition coefficient (Wildman–Crippen LogP) is 2.98. The number of benzene rings is 1. The lowest BCUT2D eigenvalue weighted by atomic mass is 9.94. The van der Waals surface area contributed by atoms with Crippen LogP contribution in [0.4, 0.5) is 0 Å². The monoisotopic (exact) mass is 412 g/mol. The normalized spacial score (nSPS) is 16.1. The Kier molecular flexibility index (Phi) is 6.25. The van der Waals surface area contributed by atoms with E-state index in [9.17, 15) is 14.7 Å². The highest BCUT2D eigenvalue weighted by atomic mass is 16.5. The molecule has 158 valence electrons. The summed E-state index contributed by atoms with van der Waals surface area (Å²) in [6.07, 6.45) is 3.39. The molecule has 1 aromatic carbocycles. The molecule has 1 aliphatic heterocycles. The number of hydrogen-bond acceptors (Lipinski definition) is 7. The fraction of sp³-hybridized carbons (Fsp3) is 0.318. The molecule has 1 amide bonds. The van der Waals surface area contributed by atoms with Crippen LogP contribution in [-0.2, 0) is 16.1 Å². The first-order valence-corrected chi connectivity index (χ1v) is 9.42. The largest absolute Gasteiger partial charge is 0.503 e. The Morgan fingerprint density at radius 1 is 1.10 bits per heavy atom. The number of amides is 1. The molecule has 0 aliphatic carbocycles. The minimum absolute atomic E-state index is 0.0610. The number of carbonyl (C=O) groups excluding carboxylic acids is 2. The highest BCUT2D eigenvalue weighted by molar-refractivity contribution is 6.08. The standard InChI is InChI=1S/C22H24N2O6/c1-5-15(25)18-19(14-10-16(28-2)21(30-4)17(11-14)29-3)24(22(27)20(18)26)12-13-6-8-23-9-7-13/h6-11,19,26H,5,12H2,1-4H3. The number of aromatic nitrogens is 1. The first-order chi connectivity index (χ1) is 14.5. The third-order valence-corrected chi connectivity index (χ3v) is 5.03. The molecule has 30 heavy (non-hydrogen) atoms. The molecule has 0 bridgehead atoms. The summed E-state index contributed by atoms with van der Waals surface area (Å²) in [6, 6.07) is 6.11. The van der Waals surface area contributed by atoms with Crippen LogP contribution in [0.5, 0.6) is 17.2 Å². The van der Waals surface area contributed by atoms with E-state index in [1.807, 2.05) is 0 Å². The Hall–Kier alpha value is -3.55. The van der Waals surface area contributed by atoms with Gasteiger partial charge < -0.3 is 24.2 Å². The van der Waals surface area contributed by atoms with E-state index in [4.69, 9.17) is 14.2 Å². The number of pyridine rings is 1. The molecule has 0 saturated carbocycles. The molecule has 8 nitrogen and oxygen atoms in total. The van der Waals surface area contributed by atoms with E-state index in [2.05, 4.69) is 4.98 Å².